The highest BCUT2D eigenvalue weighted by Gasteiger charge is 2.18. The summed E-state index contributed by atoms with van der Waals surface area (Å²) in [4.78, 5) is 24.8. The zero-order chi connectivity index (χ0) is 25.5. The van der Waals surface area contributed by atoms with Crippen LogP contribution in [0, 0.1) is 17.1 Å². The third-order valence-corrected chi connectivity index (χ3v) is 5.65. The highest BCUT2D eigenvalue weighted by molar-refractivity contribution is 5.95. The number of nitrogens with one attached hydrogen (secondary N) is 1. The molecule has 0 bridgehead atoms. The number of carbonyl (C=O) groups is 1. The predicted molar refractivity (Wildman–Crippen MR) is 131 cm³/mol. The summed E-state index contributed by atoms with van der Waals surface area (Å²) in [6.07, 6.45) is 3.37. The molecule has 0 aliphatic heterocycles. The second-order valence-electron chi connectivity index (χ2n) is 8.16. The number of ether oxygens (including phenoxy) is 1. The van der Waals surface area contributed by atoms with Gasteiger partial charge in [-0.15, -0.1) is 0 Å². The Kier molecular flexibility index (Phi) is 7.68. The van der Waals surface area contributed by atoms with Crippen LogP contribution in [0.3, 0.4) is 0 Å². The molecule has 4 rings (SSSR count). The maximum Gasteiger partial charge on any atom is 0.255 e. The van der Waals surface area contributed by atoms with Crippen molar-refractivity contribution in [1.29, 1.82) is 5.26 Å². The van der Waals surface area contributed by atoms with Crippen LogP contribution in [-0.4, -0.2) is 27.4 Å². The van der Waals surface area contributed by atoms with E-state index < -0.39 is 11.7 Å². The maximum atomic E-state index is 14.2. The Morgan fingerprint density at radius 3 is 2.53 bits per heavy atom. The lowest BCUT2D eigenvalue weighted by molar-refractivity contribution is 0.0945. The summed E-state index contributed by atoms with van der Waals surface area (Å²) in [5.74, 6) is -0.994. The molecular formula is C27H24FN5O3. The van der Waals surface area contributed by atoms with Crippen molar-refractivity contribution in [2.75, 3.05) is 7.11 Å². The molecule has 0 saturated carbocycles. The second kappa shape index (κ2) is 11.3. The number of nitriles is 1. The van der Waals surface area contributed by atoms with E-state index in [1.54, 1.807) is 27.7 Å². The molecule has 2 aromatic heterocycles. The van der Waals surface area contributed by atoms with Crippen LogP contribution in [0.2, 0.25) is 0 Å². The quantitative estimate of drug-likeness (QED) is 0.392. The first-order valence-corrected chi connectivity index (χ1v) is 11.2. The van der Waals surface area contributed by atoms with Crippen molar-refractivity contribution in [1.82, 2.24) is 19.7 Å². The summed E-state index contributed by atoms with van der Waals surface area (Å²) in [5, 5.41) is 16.4. The fourth-order valence-electron chi connectivity index (χ4n) is 3.81. The number of carbonyl (C=O) groups excluding carboxylic acids is 1. The standard InChI is InChI=1S/C27H24FN5O3/c1-36-18-25-23(27(35)30-14-22-21(13-29)5-4-6-24(22)28)17-33(31-25)16-20-10-8-19(9-11-20)15-32-12-3-2-7-26(32)34/h2-12,17H,14-16,18H2,1H3,(H,30,35). The van der Waals surface area contributed by atoms with Crippen molar-refractivity contribution in [2.45, 2.75) is 26.2 Å². The smallest absolute Gasteiger partial charge is 0.255 e. The molecule has 2 aromatic carbocycles. The highest BCUT2D eigenvalue weighted by atomic mass is 19.1. The Morgan fingerprint density at radius 2 is 1.83 bits per heavy atom. The molecule has 36 heavy (non-hydrogen) atoms. The van der Waals surface area contributed by atoms with Gasteiger partial charge in [-0.05, 0) is 29.3 Å². The topological polar surface area (TPSA) is 102 Å². The van der Waals surface area contributed by atoms with E-state index >= 15 is 0 Å². The van der Waals surface area contributed by atoms with Gasteiger partial charge < -0.3 is 14.6 Å². The van der Waals surface area contributed by atoms with E-state index in [1.807, 2.05) is 36.4 Å². The summed E-state index contributed by atoms with van der Waals surface area (Å²) in [6, 6.07) is 19.0. The summed E-state index contributed by atoms with van der Waals surface area (Å²) in [5.41, 5.74) is 2.94. The number of nitrogens with zero attached hydrogens (tertiary/aromatic N) is 4. The molecule has 9 heteroatoms. The highest BCUT2D eigenvalue weighted by Crippen LogP contribution is 2.15. The van der Waals surface area contributed by atoms with Crippen molar-refractivity contribution in [3.05, 3.63) is 123 Å². The van der Waals surface area contributed by atoms with Crippen molar-refractivity contribution in [3.8, 4) is 6.07 Å². The minimum absolute atomic E-state index is 0.0616. The van der Waals surface area contributed by atoms with Gasteiger partial charge in [0.1, 0.15) is 11.5 Å². The molecular weight excluding hydrogens is 461 g/mol. The minimum atomic E-state index is -0.553. The van der Waals surface area contributed by atoms with Gasteiger partial charge >= 0.3 is 0 Å². The third kappa shape index (κ3) is 5.74. The van der Waals surface area contributed by atoms with Crippen LogP contribution in [0.15, 0.2) is 77.9 Å². The van der Waals surface area contributed by atoms with Gasteiger partial charge in [-0.1, -0.05) is 36.4 Å². The molecule has 0 aliphatic carbocycles. The van der Waals surface area contributed by atoms with E-state index in [1.165, 1.54) is 31.4 Å². The van der Waals surface area contributed by atoms with Gasteiger partial charge in [-0.2, -0.15) is 10.4 Å². The minimum Gasteiger partial charge on any atom is -0.378 e. The number of methoxy groups -OCH3 is 1. The second-order valence-corrected chi connectivity index (χ2v) is 8.16. The van der Waals surface area contributed by atoms with Gasteiger partial charge in [-0.3, -0.25) is 14.3 Å². The first-order valence-electron chi connectivity index (χ1n) is 11.2. The van der Waals surface area contributed by atoms with E-state index in [-0.39, 0.29) is 29.8 Å². The van der Waals surface area contributed by atoms with Crippen molar-refractivity contribution < 1.29 is 13.9 Å². The summed E-state index contributed by atoms with van der Waals surface area (Å²) in [7, 11) is 1.51. The van der Waals surface area contributed by atoms with Crippen LogP contribution in [-0.2, 0) is 31.0 Å². The SMILES string of the molecule is COCc1nn(Cc2ccc(Cn3ccccc3=O)cc2)cc1C(=O)NCc1c(F)cccc1C#N. The summed E-state index contributed by atoms with van der Waals surface area (Å²) in [6.45, 7) is 0.892. The van der Waals surface area contributed by atoms with Crippen LogP contribution in [0.5, 0.6) is 0 Å². The van der Waals surface area contributed by atoms with Gasteiger partial charge in [0.25, 0.3) is 11.5 Å². The Balaban J connectivity index is 1.46. The summed E-state index contributed by atoms with van der Waals surface area (Å²) >= 11 is 0. The fraction of sp³-hybridized carbons (Fsp3) is 0.185. The molecule has 2 heterocycles. The number of amides is 1. The number of halogens is 1. The molecule has 0 saturated heterocycles. The van der Waals surface area contributed by atoms with Crippen LogP contribution in [0.25, 0.3) is 0 Å². The van der Waals surface area contributed by atoms with Crippen LogP contribution >= 0.6 is 0 Å². The number of pyridine rings is 1. The zero-order valence-electron chi connectivity index (χ0n) is 19.6. The molecule has 0 radical (unpaired) electrons. The lowest BCUT2D eigenvalue weighted by Gasteiger charge is -2.08. The molecule has 0 atom stereocenters. The number of hydrogen-bond acceptors (Lipinski definition) is 5. The predicted octanol–water partition coefficient (Wildman–Crippen LogP) is 3.23. The number of benzene rings is 2. The van der Waals surface area contributed by atoms with E-state index in [0.717, 1.165) is 11.1 Å². The Morgan fingerprint density at radius 1 is 1.08 bits per heavy atom. The van der Waals surface area contributed by atoms with Crippen LogP contribution < -0.4 is 10.9 Å². The van der Waals surface area contributed by atoms with Crippen molar-refractivity contribution in [2.24, 2.45) is 0 Å². The van der Waals surface area contributed by atoms with Gasteiger partial charge in [0.05, 0.1) is 36.9 Å². The molecule has 182 valence electrons. The lowest BCUT2D eigenvalue weighted by atomic mass is 10.1. The van der Waals surface area contributed by atoms with E-state index in [9.17, 15) is 19.2 Å². The molecule has 1 N–H and O–H groups in total. The van der Waals surface area contributed by atoms with E-state index in [2.05, 4.69) is 10.4 Å². The van der Waals surface area contributed by atoms with Crippen molar-refractivity contribution in [3.63, 3.8) is 0 Å². The fourth-order valence-corrected chi connectivity index (χ4v) is 3.81. The number of aromatic nitrogens is 3. The Hall–Kier alpha value is -4.55. The van der Waals surface area contributed by atoms with E-state index in [4.69, 9.17) is 4.74 Å². The number of hydrogen-bond donors (Lipinski definition) is 1. The molecule has 0 unspecified atom stereocenters. The zero-order valence-corrected chi connectivity index (χ0v) is 19.6. The van der Waals surface area contributed by atoms with E-state index in [0.29, 0.717) is 24.3 Å². The largest absolute Gasteiger partial charge is 0.378 e. The number of rotatable bonds is 9. The molecule has 0 fully saturated rings. The van der Waals surface area contributed by atoms with Gasteiger partial charge in [0.2, 0.25) is 0 Å². The molecule has 8 nitrogen and oxygen atoms in total. The third-order valence-electron chi connectivity index (χ3n) is 5.65. The molecule has 0 aliphatic rings. The van der Waals surface area contributed by atoms with Crippen LogP contribution in [0.4, 0.5) is 4.39 Å². The lowest BCUT2D eigenvalue weighted by Crippen LogP contribution is -2.24. The monoisotopic (exact) mass is 485 g/mol. The Bertz CT molecular complexity index is 1470. The molecule has 1 amide bonds. The first kappa shape index (κ1) is 24.6. The first-order chi connectivity index (χ1) is 17.5. The molecule has 0 spiro atoms. The average Bonchev–Trinajstić information content (AvgIpc) is 3.28. The van der Waals surface area contributed by atoms with Gasteiger partial charge in [-0.25, -0.2) is 4.39 Å². The summed E-state index contributed by atoms with van der Waals surface area (Å²) < 4.78 is 22.6. The molecule has 4 aromatic rings. The normalized spacial score (nSPS) is 10.7. The maximum absolute atomic E-state index is 14.2. The van der Waals surface area contributed by atoms with Crippen molar-refractivity contribution >= 4 is 5.91 Å². The van der Waals surface area contributed by atoms with Gasteiger partial charge in [0, 0.05) is 37.7 Å². The Labute approximate surface area is 207 Å². The average molecular weight is 486 g/mol. The van der Waals surface area contributed by atoms with Gasteiger partial charge in [0.15, 0.2) is 0 Å². The van der Waals surface area contributed by atoms with Crippen LogP contribution in [0.1, 0.15) is 38.3 Å².